The van der Waals surface area contributed by atoms with Crippen molar-refractivity contribution in [3.8, 4) is 0 Å². The molecule has 0 aliphatic carbocycles. The molecule has 2 N–H and O–H groups in total. The fourth-order valence-corrected chi connectivity index (χ4v) is 2.63. The zero-order chi connectivity index (χ0) is 18.8. The predicted octanol–water partition coefficient (Wildman–Crippen LogP) is 2.46. The van der Waals surface area contributed by atoms with Crippen molar-refractivity contribution in [3.63, 3.8) is 0 Å². The average Bonchev–Trinajstić information content (AvgIpc) is 2.61. The number of halogens is 1. The van der Waals surface area contributed by atoms with Crippen LogP contribution in [0.2, 0.25) is 0 Å². The molecule has 2 rings (SSSR count). The van der Waals surface area contributed by atoms with Gasteiger partial charge in [-0.05, 0) is 53.5 Å². The van der Waals surface area contributed by atoms with Crippen LogP contribution in [0, 0.1) is 0 Å². The second kappa shape index (κ2) is 10.7. The van der Waals surface area contributed by atoms with Crippen LogP contribution in [-0.4, -0.2) is 48.4 Å². The third-order valence-corrected chi connectivity index (χ3v) is 4.10. The van der Waals surface area contributed by atoms with E-state index in [1.807, 2.05) is 18.2 Å². The number of nitrogens with zero attached hydrogens (tertiary/aromatic N) is 2. The molecule has 0 saturated carbocycles. The zero-order valence-corrected chi connectivity index (χ0v) is 16.3. The second-order valence-corrected chi connectivity index (χ2v) is 6.94. The van der Waals surface area contributed by atoms with Gasteiger partial charge in [-0.1, -0.05) is 30.3 Å². The van der Waals surface area contributed by atoms with E-state index in [0.717, 1.165) is 17.3 Å². The van der Waals surface area contributed by atoms with Crippen molar-refractivity contribution in [1.82, 2.24) is 15.2 Å². The van der Waals surface area contributed by atoms with Gasteiger partial charge >= 0.3 is 0 Å². The first kappa shape index (κ1) is 20.1. The van der Waals surface area contributed by atoms with Crippen molar-refractivity contribution in [2.45, 2.75) is 12.8 Å². The second-order valence-electron chi connectivity index (χ2n) is 6.02. The van der Waals surface area contributed by atoms with Crippen LogP contribution in [0.1, 0.15) is 12.0 Å². The lowest BCUT2D eigenvalue weighted by atomic mass is 10.1. The molecule has 1 heterocycles. The molecule has 0 spiro atoms. The number of aromatic nitrogens is 1. The first-order valence-corrected chi connectivity index (χ1v) is 9.23. The third-order valence-electron chi connectivity index (χ3n) is 3.63. The van der Waals surface area contributed by atoms with E-state index in [4.69, 9.17) is 0 Å². The summed E-state index contributed by atoms with van der Waals surface area (Å²) in [4.78, 5) is 29.7. The Bertz CT molecular complexity index is 707. The molecular weight excluding hydrogens is 396 g/mol. The highest BCUT2D eigenvalue weighted by molar-refractivity contribution is 9.10. The Labute approximate surface area is 162 Å². The van der Waals surface area contributed by atoms with Crippen LogP contribution < -0.4 is 10.6 Å². The molecule has 1 aromatic heterocycles. The van der Waals surface area contributed by atoms with Gasteiger partial charge in [0.2, 0.25) is 11.8 Å². The van der Waals surface area contributed by atoms with Gasteiger partial charge in [-0.2, -0.15) is 0 Å². The molecule has 2 aromatic rings. The van der Waals surface area contributed by atoms with Gasteiger partial charge < -0.3 is 10.6 Å². The summed E-state index contributed by atoms with van der Waals surface area (Å²) < 4.78 is 0.844. The van der Waals surface area contributed by atoms with E-state index in [9.17, 15) is 9.59 Å². The molecule has 0 radical (unpaired) electrons. The molecular formula is C19H23BrN4O2. The highest BCUT2D eigenvalue weighted by Crippen LogP contribution is 2.10. The Morgan fingerprint density at radius 1 is 1.08 bits per heavy atom. The van der Waals surface area contributed by atoms with Crippen molar-refractivity contribution >= 4 is 33.6 Å². The summed E-state index contributed by atoms with van der Waals surface area (Å²) in [7, 11) is 1.73. The number of aryl methyl sites for hydroxylation is 1. The van der Waals surface area contributed by atoms with Crippen LogP contribution in [0.3, 0.4) is 0 Å². The van der Waals surface area contributed by atoms with E-state index in [1.54, 1.807) is 30.3 Å². The topological polar surface area (TPSA) is 74.3 Å². The summed E-state index contributed by atoms with van der Waals surface area (Å²) in [5, 5.41) is 5.58. The molecule has 138 valence electrons. The lowest BCUT2D eigenvalue weighted by Crippen LogP contribution is -2.39. The number of carbonyl (C=O) groups excluding carboxylic acids is 2. The normalized spacial score (nSPS) is 10.6. The first-order valence-electron chi connectivity index (χ1n) is 8.43. The maximum atomic E-state index is 12.0. The summed E-state index contributed by atoms with van der Waals surface area (Å²) in [5.74, 6) is 0.186. The summed E-state index contributed by atoms with van der Waals surface area (Å²) in [6.45, 7) is 0.915. The Morgan fingerprint density at radius 3 is 2.50 bits per heavy atom. The third kappa shape index (κ3) is 7.76. The molecule has 6 nitrogen and oxygen atoms in total. The number of carbonyl (C=O) groups is 2. The monoisotopic (exact) mass is 418 g/mol. The number of benzene rings is 1. The van der Waals surface area contributed by atoms with Crippen LogP contribution in [0.4, 0.5) is 5.82 Å². The van der Waals surface area contributed by atoms with E-state index >= 15 is 0 Å². The molecule has 0 atom stereocenters. The molecule has 1 aromatic carbocycles. The number of likely N-dealkylation sites (N-methyl/N-ethyl adjacent to an activating group) is 1. The number of nitrogens with one attached hydrogen (secondary N) is 2. The number of anilines is 1. The Kier molecular flexibility index (Phi) is 8.24. The van der Waals surface area contributed by atoms with E-state index < -0.39 is 0 Å². The molecule has 0 aliphatic rings. The van der Waals surface area contributed by atoms with Gasteiger partial charge in [0.1, 0.15) is 5.82 Å². The van der Waals surface area contributed by atoms with Gasteiger partial charge in [0, 0.05) is 17.2 Å². The fourth-order valence-electron chi connectivity index (χ4n) is 2.40. The molecule has 0 fully saturated rings. The number of amides is 2. The smallest absolute Gasteiger partial charge is 0.239 e. The standard InChI is InChI=1S/C19H23BrN4O2/c1-24(14-19(26)23-17-10-9-16(20)12-22-17)13-18(25)21-11-5-8-15-6-3-2-4-7-15/h2-4,6-7,9-10,12H,5,8,11,13-14H2,1H3,(H,21,25)(H,22,23,26). The van der Waals surface area contributed by atoms with Crippen molar-refractivity contribution in [1.29, 1.82) is 0 Å². The molecule has 7 heteroatoms. The minimum Gasteiger partial charge on any atom is -0.355 e. The Balaban J connectivity index is 1.61. The summed E-state index contributed by atoms with van der Waals surface area (Å²) in [5.41, 5.74) is 1.26. The van der Waals surface area contributed by atoms with Gasteiger partial charge in [0.25, 0.3) is 0 Å². The van der Waals surface area contributed by atoms with E-state index in [-0.39, 0.29) is 24.9 Å². The minimum atomic E-state index is -0.209. The van der Waals surface area contributed by atoms with Crippen LogP contribution in [0.5, 0.6) is 0 Å². The molecule has 0 aliphatic heterocycles. The molecule has 0 unspecified atom stereocenters. The van der Waals surface area contributed by atoms with Gasteiger partial charge in [-0.15, -0.1) is 0 Å². The Morgan fingerprint density at radius 2 is 1.81 bits per heavy atom. The lowest BCUT2D eigenvalue weighted by molar-refractivity contribution is -0.122. The summed E-state index contributed by atoms with van der Waals surface area (Å²) in [6.07, 6.45) is 3.43. The van der Waals surface area contributed by atoms with Crippen LogP contribution in [0.25, 0.3) is 0 Å². The highest BCUT2D eigenvalue weighted by atomic mass is 79.9. The number of hydrogen-bond donors (Lipinski definition) is 2. The van der Waals surface area contributed by atoms with Crippen molar-refractivity contribution < 1.29 is 9.59 Å². The van der Waals surface area contributed by atoms with Gasteiger partial charge in [-0.3, -0.25) is 14.5 Å². The van der Waals surface area contributed by atoms with Crippen molar-refractivity contribution in [2.24, 2.45) is 0 Å². The average molecular weight is 419 g/mol. The quantitative estimate of drug-likeness (QED) is 0.613. The number of pyridine rings is 1. The molecule has 0 bridgehead atoms. The van der Waals surface area contributed by atoms with Crippen molar-refractivity contribution in [2.75, 3.05) is 32.0 Å². The minimum absolute atomic E-state index is 0.0878. The maximum absolute atomic E-state index is 12.0. The SMILES string of the molecule is CN(CC(=O)NCCCc1ccccc1)CC(=O)Nc1ccc(Br)cn1. The van der Waals surface area contributed by atoms with E-state index in [1.165, 1.54) is 5.56 Å². The van der Waals surface area contributed by atoms with E-state index in [0.29, 0.717) is 12.4 Å². The summed E-state index contributed by atoms with van der Waals surface area (Å²) >= 11 is 3.29. The van der Waals surface area contributed by atoms with Crippen LogP contribution >= 0.6 is 15.9 Å². The van der Waals surface area contributed by atoms with Crippen molar-refractivity contribution in [3.05, 3.63) is 58.7 Å². The Hall–Kier alpha value is -2.25. The molecule has 26 heavy (non-hydrogen) atoms. The predicted molar refractivity (Wildman–Crippen MR) is 106 cm³/mol. The maximum Gasteiger partial charge on any atom is 0.239 e. The largest absolute Gasteiger partial charge is 0.355 e. The lowest BCUT2D eigenvalue weighted by Gasteiger charge is -2.15. The fraction of sp³-hybridized carbons (Fsp3) is 0.316. The van der Waals surface area contributed by atoms with Gasteiger partial charge in [-0.25, -0.2) is 4.98 Å². The van der Waals surface area contributed by atoms with Gasteiger partial charge in [0.05, 0.1) is 13.1 Å². The number of hydrogen-bond acceptors (Lipinski definition) is 4. The van der Waals surface area contributed by atoms with Gasteiger partial charge in [0.15, 0.2) is 0 Å². The van der Waals surface area contributed by atoms with Crippen LogP contribution in [-0.2, 0) is 16.0 Å². The molecule has 0 saturated heterocycles. The van der Waals surface area contributed by atoms with E-state index in [2.05, 4.69) is 43.7 Å². The molecule has 2 amide bonds. The van der Waals surface area contributed by atoms with Crippen LogP contribution in [0.15, 0.2) is 53.1 Å². The highest BCUT2D eigenvalue weighted by Gasteiger charge is 2.11. The zero-order valence-electron chi connectivity index (χ0n) is 14.7. The number of rotatable bonds is 9. The summed E-state index contributed by atoms with van der Waals surface area (Å²) in [6, 6.07) is 13.7. The first-order chi connectivity index (χ1) is 12.5.